The first-order valence-electron chi connectivity index (χ1n) is 5.87. The van der Waals surface area contributed by atoms with Crippen molar-refractivity contribution in [3.63, 3.8) is 0 Å². The molecule has 0 saturated carbocycles. The summed E-state index contributed by atoms with van der Waals surface area (Å²) < 4.78 is 0. The van der Waals surface area contributed by atoms with Crippen LogP contribution in [0.4, 0.5) is 0 Å². The van der Waals surface area contributed by atoms with E-state index in [1.165, 1.54) is 6.21 Å². The van der Waals surface area contributed by atoms with E-state index in [1.54, 1.807) is 25.2 Å². The normalized spacial score (nSPS) is 10.2. The van der Waals surface area contributed by atoms with Crippen molar-refractivity contribution in [2.45, 2.75) is 13.0 Å². The number of carbonyl (C=O) groups is 1. The highest BCUT2D eigenvalue weighted by molar-refractivity contribution is 7.80. The van der Waals surface area contributed by atoms with E-state index in [9.17, 15) is 4.79 Å². The van der Waals surface area contributed by atoms with Gasteiger partial charge in [-0.25, -0.2) is 0 Å². The molecule has 0 aliphatic heterocycles. The summed E-state index contributed by atoms with van der Waals surface area (Å²) >= 11 is 16.5. The molecular weight excluding hydrogens is 335 g/mol. The molecular formula is C12H14Cl2N4O2S. The van der Waals surface area contributed by atoms with Crippen LogP contribution in [0.2, 0.25) is 10.0 Å². The van der Waals surface area contributed by atoms with Crippen LogP contribution in [0.5, 0.6) is 0 Å². The Labute approximate surface area is 137 Å². The molecule has 3 N–H and O–H groups in total. The summed E-state index contributed by atoms with van der Waals surface area (Å²) in [6, 6.07) is 5.07. The van der Waals surface area contributed by atoms with Crippen LogP contribution in [0.3, 0.4) is 0 Å². The van der Waals surface area contributed by atoms with Crippen molar-refractivity contribution in [3.05, 3.63) is 33.8 Å². The van der Waals surface area contributed by atoms with E-state index in [0.29, 0.717) is 15.2 Å². The van der Waals surface area contributed by atoms with E-state index in [0.717, 1.165) is 5.56 Å². The molecule has 6 nitrogen and oxygen atoms in total. The zero-order valence-corrected chi connectivity index (χ0v) is 13.5. The number of halogens is 2. The van der Waals surface area contributed by atoms with Crippen molar-refractivity contribution in [2.24, 2.45) is 5.16 Å². The predicted molar refractivity (Wildman–Crippen MR) is 87.3 cm³/mol. The van der Waals surface area contributed by atoms with Gasteiger partial charge in [-0.05, 0) is 24.4 Å². The van der Waals surface area contributed by atoms with E-state index in [-0.39, 0.29) is 18.9 Å². The first-order chi connectivity index (χ1) is 10.0. The van der Waals surface area contributed by atoms with Crippen LogP contribution >= 0.6 is 35.4 Å². The summed E-state index contributed by atoms with van der Waals surface area (Å²) in [7, 11) is 1.64. The van der Waals surface area contributed by atoms with Crippen LogP contribution in [0.15, 0.2) is 23.4 Å². The van der Waals surface area contributed by atoms with Gasteiger partial charge in [0.15, 0.2) is 5.11 Å². The van der Waals surface area contributed by atoms with E-state index in [1.807, 2.05) is 0 Å². The van der Waals surface area contributed by atoms with Gasteiger partial charge in [-0.3, -0.25) is 15.6 Å². The Kier molecular flexibility index (Phi) is 7.81. The van der Waals surface area contributed by atoms with E-state index in [2.05, 4.69) is 21.3 Å². The van der Waals surface area contributed by atoms with Crippen LogP contribution in [-0.2, 0) is 16.2 Å². The Bertz CT molecular complexity index is 540. The molecule has 0 bridgehead atoms. The summed E-state index contributed by atoms with van der Waals surface area (Å²) in [5.41, 5.74) is 5.64. The molecule has 0 aliphatic carbocycles. The number of nitrogens with one attached hydrogen (secondary N) is 3. The Morgan fingerprint density at radius 3 is 2.86 bits per heavy atom. The molecule has 0 unspecified atom stereocenters. The van der Waals surface area contributed by atoms with Gasteiger partial charge in [-0.15, -0.1) is 0 Å². The average molecular weight is 349 g/mol. The number of benzene rings is 1. The van der Waals surface area contributed by atoms with Gasteiger partial charge in [0, 0.05) is 22.7 Å². The van der Waals surface area contributed by atoms with Gasteiger partial charge in [0.2, 0.25) is 5.91 Å². The summed E-state index contributed by atoms with van der Waals surface area (Å²) in [5, 5.41) is 7.68. The van der Waals surface area contributed by atoms with Crippen molar-refractivity contribution in [1.82, 2.24) is 16.2 Å². The number of oxime groups is 1. The highest BCUT2D eigenvalue weighted by atomic mass is 35.5. The lowest BCUT2D eigenvalue weighted by Gasteiger charge is -2.07. The van der Waals surface area contributed by atoms with Gasteiger partial charge in [0.1, 0.15) is 6.61 Å². The smallest absolute Gasteiger partial charge is 0.243 e. The Morgan fingerprint density at radius 2 is 2.19 bits per heavy atom. The highest BCUT2D eigenvalue weighted by Gasteiger charge is 2.01. The monoisotopic (exact) mass is 348 g/mol. The molecule has 9 heteroatoms. The highest BCUT2D eigenvalue weighted by Crippen LogP contribution is 2.21. The molecule has 0 fully saturated rings. The zero-order chi connectivity index (χ0) is 15.7. The Balaban J connectivity index is 2.26. The largest absolute Gasteiger partial charge is 0.391 e. The number of thiocarbonyl (C=S) groups is 1. The molecule has 1 rings (SSSR count). The maximum Gasteiger partial charge on any atom is 0.243 e. The molecule has 0 aromatic heterocycles. The molecule has 0 radical (unpaired) electrons. The summed E-state index contributed by atoms with van der Waals surface area (Å²) in [5.74, 6) is -0.301. The Morgan fingerprint density at radius 1 is 1.43 bits per heavy atom. The van der Waals surface area contributed by atoms with E-state index in [4.69, 9.17) is 40.3 Å². The van der Waals surface area contributed by atoms with Crippen LogP contribution < -0.4 is 16.2 Å². The fourth-order valence-corrected chi connectivity index (χ4v) is 1.67. The first kappa shape index (κ1) is 17.5. The number of nitrogens with zero attached hydrogens (tertiary/aromatic N) is 1. The third-order valence-electron chi connectivity index (χ3n) is 2.20. The van der Waals surface area contributed by atoms with Gasteiger partial charge in [-0.1, -0.05) is 34.4 Å². The number of hydrazine groups is 1. The van der Waals surface area contributed by atoms with Crippen LogP contribution in [-0.4, -0.2) is 24.3 Å². The van der Waals surface area contributed by atoms with Crippen molar-refractivity contribution in [2.75, 3.05) is 7.05 Å². The Hall–Kier alpha value is -1.57. The topological polar surface area (TPSA) is 74.8 Å². The molecule has 1 aromatic rings. The van der Waals surface area contributed by atoms with Gasteiger partial charge in [0.05, 0.1) is 12.6 Å². The van der Waals surface area contributed by atoms with Crippen molar-refractivity contribution in [3.8, 4) is 0 Å². The SMILES string of the molecule is CNC(=S)NNC(=O)C/C=N/OCc1ccc(Cl)cc1Cl. The number of rotatable bonds is 5. The standard InChI is InChI=1S/C12H14Cl2N4O2S/c1-15-12(21)18-17-11(19)4-5-16-20-7-8-2-3-9(13)6-10(8)14/h2-3,5-6H,4,7H2,1H3,(H,17,19)(H2,15,18,21)/b16-5+. The minimum absolute atomic E-state index is 0.0493. The average Bonchev–Trinajstić information content (AvgIpc) is 2.46. The van der Waals surface area contributed by atoms with Crippen molar-refractivity contribution in [1.29, 1.82) is 0 Å². The molecule has 1 amide bonds. The summed E-state index contributed by atoms with van der Waals surface area (Å²) in [6.45, 7) is 0.191. The quantitative estimate of drug-likeness (QED) is 0.431. The fourth-order valence-electron chi connectivity index (χ4n) is 1.16. The van der Waals surface area contributed by atoms with Crippen molar-refractivity contribution >= 4 is 52.7 Å². The fraction of sp³-hybridized carbons (Fsp3) is 0.250. The minimum Gasteiger partial charge on any atom is -0.391 e. The molecule has 0 saturated heterocycles. The third kappa shape index (κ3) is 7.12. The lowest BCUT2D eigenvalue weighted by Crippen LogP contribution is -2.45. The lowest BCUT2D eigenvalue weighted by atomic mass is 10.2. The molecule has 0 aliphatic rings. The first-order valence-corrected chi connectivity index (χ1v) is 7.03. The lowest BCUT2D eigenvalue weighted by molar-refractivity contribution is -0.120. The van der Waals surface area contributed by atoms with Gasteiger partial charge < -0.3 is 10.2 Å². The van der Waals surface area contributed by atoms with Crippen LogP contribution in [0, 0.1) is 0 Å². The number of hydrogen-bond acceptors (Lipinski definition) is 4. The number of carbonyl (C=O) groups excluding carboxylic acids is 1. The van der Waals surface area contributed by atoms with Crippen molar-refractivity contribution < 1.29 is 9.63 Å². The number of hydrogen-bond donors (Lipinski definition) is 3. The maximum atomic E-state index is 11.3. The zero-order valence-electron chi connectivity index (χ0n) is 11.2. The van der Waals surface area contributed by atoms with Gasteiger partial charge in [-0.2, -0.15) is 0 Å². The second-order valence-electron chi connectivity index (χ2n) is 3.75. The molecule has 21 heavy (non-hydrogen) atoms. The molecule has 1 aromatic carbocycles. The molecule has 0 spiro atoms. The summed E-state index contributed by atoms with van der Waals surface area (Å²) in [4.78, 5) is 16.4. The van der Waals surface area contributed by atoms with E-state index >= 15 is 0 Å². The van der Waals surface area contributed by atoms with Gasteiger partial charge >= 0.3 is 0 Å². The second-order valence-corrected chi connectivity index (χ2v) is 5.01. The molecule has 0 heterocycles. The van der Waals surface area contributed by atoms with Gasteiger partial charge in [0.25, 0.3) is 0 Å². The van der Waals surface area contributed by atoms with Crippen LogP contribution in [0.1, 0.15) is 12.0 Å². The second kappa shape index (κ2) is 9.38. The molecule has 114 valence electrons. The minimum atomic E-state index is -0.301. The number of amides is 1. The van der Waals surface area contributed by atoms with Crippen LogP contribution in [0.25, 0.3) is 0 Å². The maximum absolute atomic E-state index is 11.3. The summed E-state index contributed by atoms with van der Waals surface area (Å²) in [6.07, 6.45) is 1.39. The van der Waals surface area contributed by atoms with E-state index < -0.39 is 0 Å². The third-order valence-corrected chi connectivity index (χ3v) is 3.10. The predicted octanol–water partition coefficient (Wildman–Crippen LogP) is 2.01. The molecule has 0 atom stereocenters.